The molecule has 184 valence electrons. The summed E-state index contributed by atoms with van der Waals surface area (Å²) in [6.45, 7) is 30.6. The molecule has 0 unspecified atom stereocenters. The van der Waals surface area contributed by atoms with E-state index in [0.717, 1.165) is 22.3 Å². The predicted octanol–water partition coefficient (Wildman–Crippen LogP) is 9.06. The highest BCUT2D eigenvalue weighted by Crippen LogP contribution is 2.52. The Labute approximate surface area is 207 Å². The molecule has 0 saturated carbocycles. The Morgan fingerprint density at radius 2 is 0.727 bits per heavy atom. The molecule has 0 fully saturated rings. The van der Waals surface area contributed by atoms with Crippen LogP contribution in [0.15, 0.2) is 21.9 Å². The molecule has 0 aromatic heterocycles. The van der Waals surface area contributed by atoms with Crippen molar-refractivity contribution in [2.24, 2.45) is 0 Å². The van der Waals surface area contributed by atoms with Gasteiger partial charge in [-0.1, -0.05) is 94.8 Å². The van der Waals surface area contributed by atoms with Gasteiger partial charge in [0, 0.05) is 20.9 Å². The predicted molar refractivity (Wildman–Crippen MR) is 145 cm³/mol. The van der Waals surface area contributed by atoms with Gasteiger partial charge in [-0.3, -0.25) is 0 Å². The second-order valence-corrected chi connectivity index (χ2v) is 14.7. The molecule has 0 saturated heterocycles. The fourth-order valence-electron chi connectivity index (χ4n) is 4.88. The van der Waals surface area contributed by atoms with Gasteiger partial charge in [0.15, 0.2) is 0 Å². The molecule has 0 amide bonds. The Balaban J connectivity index is 3.04. The van der Waals surface area contributed by atoms with E-state index in [0.29, 0.717) is 11.5 Å². The summed E-state index contributed by atoms with van der Waals surface area (Å²) in [4.78, 5) is 2.42. The van der Waals surface area contributed by atoms with Gasteiger partial charge in [0.05, 0.1) is 0 Å². The van der Waals surface area contributed by atoms with E-state index in [4.69, 9.17) is 0 Å². The average Bonchev–Trinajstić information content (AvgIpc) is 2.53. The molecule has 0 radical (unpaired) electrons. The van der Waals surface area contributed by atoms with E-state index in [1.54, 1.807) is 11.8 Å². The molecule has 0 aliphatic heterocycles. The Kier molecular flexibility index (Phi) is 7.16. The standard InChI is InChI=1S/C30H46O2S/c1-17-15-19(31)21(27(3,4)5)23(29(9,10)11)25(17)33-26-18(2)16-20(32)22(28(6,7)8)24(26)30(12,13)14/h15-16,31-32H,1-14H3. The minimum Gasteiger partial charge on any atom is -0.508 e. The Hall–Kier alpha value is -1.61. The molecule has 33 heavy (non-hydrogen) atoms. The zero-order valence-corrected chi connectivity index (χ0v) is 24.3. The number of benzene rings is 2. The molecule has 0 aliphatic carbocycles. The highest BCUT2D eigenvalue weighted by molar-refractivity contribution is 7.99. The Bertz CT molecular complexity index is 964. The molecule has 0 heterocycles. The van der Waals surface area contributed by atoms with Crippen LogP contribution in [0.25, 0.3) is 0 Å². The van der Waals surface area contributed by atoms with Gasteiger partial charge in [-0.25, -0.2) is 0 Å². The van der Waals surface area contributed by atoms with Gasteiger partial charge >= 0.3 is 0 Å². The maximum atomic E-state index is 11.0. The largest absolute Gasteiger partial charge is 0.508 e. The molecule has 0 atom stereocenters. The summed E-state index contributed by atoms with van der Waals surface area (Å²) >= 11 is 1.80. The lowest BCUT2D eigenvalue weighted by Gasteiger charge is -2.36. The summed E-state index contributed by atoms with van der Waals surface area (Å²) < 4.78 is 0. The van der Waals surface area contributed by atoms with Crippen molar-refractivity contribution in [2.45, 2.75) is 128 Å². The monoisotopic (exact) mass is 470 g/mol. The van der Waals surface area contributed by atoms with E-state index in [1.807, 2.05) is 12.1 Å². The highest BCUT2D eigenvalue weighted by atomic mass is 32.2. The molecule has 2 aromatic carbocycles. The lowest BCUT2D eigenvalue weighted by atomic mass is 9.74. The van der Waals surface area contributed by atoms with Crippen LogP contribution < -0.4 is 0 Å². The fraction of sp³-hybridized carbons (Fsp3) is 0.600. The second-order valence-electron chi connectivity index (χ2n) is 13.7. The number of hydrogen-bond donors (Lipinski definition) is 2. The van der Waals surface area contributed by atoms with Crippen molar-refractivity contribution in [1.29, 1.82) is 0 Å². The normalized spacial score (nSPS) is 13.5. The van der Waals surface area contributed by atoms with Crippen molar-refractivity contribution in [2.75, 3.05) is 0 Å². The van der Waals surface area contributed by atoms with Gasteiger partial charge in [0.2, 0.25) is 0 Å². The molecule has 0 aliphatic rings. The summed E-state index contributed by atoms with van der Waals surface area (Å²) in [6, 6.07) is 3.85. The molecule has 3 heteroatoms. The summed E-state index contributed by atoms with van der Waals surface area (Å²) in [5, 5.41) is 22.1. The summed E-state index contributed by atoms with van der Waals surface area (Å²) in [7, 11) is 0. The van der Waals surface area contributed by atoms with Crippen molar-refractivity contribution in [3.63, 3.8) is 0 Å². The SMILES string of the molecule is Cc1cc(O)c(C(C)(C)C)c(C(C)(C)C)c1Sc1c(C)cc(O)c(C(C)(C)C)c1C(C)(C)C. The lowest BCUT2D eigenvalue weighted by molar-refractivity contribution is 0.431. The fourth-order valence-corrected chi connectivity index (χ4v) is 6.54. The number of aromatic hydroxyl groups is 2. The number of phenols is 2. The zero-order valence-electron chi connectivity index (χ0n) is 23.5. The van der Waals surface area contributed by atoms with Crippen LogP contribution in [0.2, 0.25) is 0 Å². The molecular weight excluding hydrogens is 424 g/mol. The summed E-state index contributed by atoms with van der Waals surface area (Å²) in [6.07, 6.45) is 0. The smallest absolute Gasteiger partial charge is 0.119 e. The Morgan fingerprint density at radius 3 is 0.939 bits per heavy atom. The first-order chi connectivity index (χ1) is 14.6. The molecule has 2 nitrogen and oxygen atoms in total. The maximum absolute atomic E-state index is 11.0. The van der Waals surface area contributed by atoms with E-state index < -0.39 is 0 Å². The van der Waals surface area contributed by atoms with E-state index in [1.165, 1.54) is 20.9 Å². The van der Waals surface area contributed by atoms with Gasteiger partial charge in [-0.15, -0.1) is 0 Å². The van der Waals surface area contributed by atoms with Crippen molar-refractivity contribution < 1.29 is 10.2 Å². The van der Waals surface area contributed by atoms with Crippen LogP contribution in [0.4, 0.5) is 0 Å². The van der Waals surface area contributed by atoms with Crippen molar-refractivity contribution in [3.05, 3.63) is 45.5 Å². The first kappa shape index (κ1) is 27.6. The van der Waals surface area contributed by atoms with Crippen LogP contribution in [0.1, 0.15) is 116 Å². The first-order valence-electron chi connectivity index (χ1n) is 12.0. The van der Waals surface area contributed by atoms with Crippen LogP contribution in [0, 0.1) is 13.8 Å². The third-order valence-electron chi connectivity index (χ3n) is 6.09. The third kappa shape index (κ3) is 5.56. The summed E-state index contributed by atoms with van der Waals surface area (Å²) in [5.41, 5.74) is 5.96. The van der Waals surface area contributed by atoms with Crippen molar-refractivity contribution in [1.82, 2.24) is 0 Å². The van der Waals surface area contributed by atoms with Gasteiger partial charge < -0.3 is 10.2 Å². The topological polar surface area (TPSA) is 40.5 Å². The van der Waals surface area contributed by atoms with Crippen LogP contribution in [0.5, 0.6) is 11.5 Å². The molecule has 2 rings (SSSR count). The van der Waals surface area contributed by atoms with E-state index in [9.17, 15) is 10.2 Å². The zero-order chi connectivity index (χ0) is 25.9. The minimum atomic E-state index is -0.191. The number of phenolic OH excluding ortho intramolecular Hbond substituents is 2. The second kappa shape index (κ2) is 8.56. The van der Waals surface area contributed by atoms with Gasteiger partial charge in [0.25, 0.3) is 0 Å². The van der Waals surface area contributed by atoms with Gasteiger partial charge in [-0.05, 0) is 69.9 Å². The molecule has 2 N–H and O–H groups in total. The van der Waals surface area contributed by atoms with E-state index in [-0.39, 0.29) is 21.7 Å². The third-order valence-corrected chi connectivity index (χ3v) is 7.55. The quantitative estimate of drug-likeness (QED) is 0.460. The number of rotatable bonds is 2. The Morgan fingerprint density at radius 1 is 0.485 bits per heavy atom. The first-order valence-corrected chi connectivity index (χ1v) is 12.8. The van der Waals surface area contributed by atoms with E-state index >= 15 is 0 Å². The highest BCUT2D eigenvalue weighted by Gasteiger charge is 2.35. The van der Waals surface area contributed by atoms with Crippen LogP contribution in [-0.2, 0) is 21.7 Å². The van der Waals surface area contributed by atoms with Gasteiger partial charge in [0.1, 0.15) is 11.5 Å². The molecular formula is C30H46O2S. The lowest BCUT2D eigenvalue weighted by Crippen LogP contribution is -2.25. The molecule has 0 spiro atoms. The van der Waals surface area contributed by atoms with Crippen molar-refractivity contribution in [3.8, 4) is 11.5 Å². The number of aryl methyl sites for hydroxylation is 2. The molecule has 0 bridgehead atoms. The summed E-state index contributed by atoms with van der Waals surface area (Å²) in [5.74, 6) is 0.756. The molecule has 2 aromatic rings. The van der Waals surface area contributed by atoms with Crippen LogP contribution in [-0.4, -0.2) is 10.2 Å². The van der Waals surface area contributed by atoms with Crippen LogP contribution >= 0.6 is 11.8 Å². The maximum Gasteiger partial charge on any atom is 0.119 e. The van der Waals surface area contributed by atoms with Gasteiger partial charge in [-0.2, -0.15) is 0 Å². The average molecular weight is 471 g/mol. The van der Waals surface area contributed by atoms with Crippen LogP contribution in [0.3, 0.4) is 0 Å². The number of hydrogen-bond acceptors (Lipinski definition) is 3. The minimum absolute atomic E-state index is 0.145. The van der Waals surface area contributed by atoms with E-state index in [2.05, 4.69) is 96.9 Å². The van der Waals surface area contributed by atoms with Crippen molar-refractivity contribution >= 4 is 11.8 Å².